The molecule has 0 fully saturated rings. The average molecular weight is 290 g/mol. The average Bonchev–Trinajstić information content (AvgIpc) is 2.53. The van der Waals surface area contributed by atoms with Crippen LogP contribution >= 0.6 is 0 Å². The molecule has 0 amide bonds. The third-order valence-corrected chi connectivity index (χ3v) is 4.07. The van der Waals surface area contributed by atoms with Gasteiger partial charge in [-0.25, -0.2) is 4.79 Å². The van der Waals surface area contributed by atoms with Crippen LogP contribution in [0, 0.1) is 0 Å². The van der Waals surface area contributed by atoms with Crippen LogP contribution in [0.25, 0.3) is 21.5 Å². The van der Waals surface area contributed by atoms with Gasteiger partial charge >= 0.3 is 5.97 Å². The predicted molar refractivity (Wildman–Crippen MR) is 91.2 cm³/mol. The number of hydrogen-bond acceptors (Lipinski definition) is 1. The Morgan fingerprint density at radius 3 is 2.09 bits per heavy atom. The molecule has 0 atom stereocenters. The largest absolute Gasteiger partial charge is 0.478 e. The topological polar surface area (TPSA) is 37.3 Å². The highest BCUT2D eigenvalue weighted by atomic mass is 16.4. The van der Waals surface area contributed by atoms with Crippen molar-refractivity contribution in [3.05, 3.63) is 71.8 Å². The third kappa shape index (κ3) is 2.73. The molecule has 3 aromatic rings. The van der Waals surface area contributed by atoms with E-state index in [0.717, 1.165) is 12.8 Å². The molecule has 3 rings (SSSR count). The second-order valence-electron chi connectivity index (χ2n) is 5.53. The molecule has 1 N–H and O–H groups in total. The van der Waals surface area contributed by atoms with E-state index in [1.54, 1.807) is 13.0 Å². The van der Waals surface area contributed by atoms with Gasteiger partial charge in [0.05, 0.1) is 0 Å². The maximum atomic E-state index is 10.9. The van der Waals surface area contributed by atoms with Crippen molar-refractivity contribution in [1.82, 2.24) is 0 Å². The number of aryl methyl sites for hydroxylation is 1. The molecule has 0 aromatic heterocycles. The van der Waals surface area contributed by atoms with E-state index in [1.165, 1.54) is 27.1 Å². The predicted octanol–water partition coefficient (Wildman–Crippen LogP) is 4.96. The summed E-state index contributed by atoms with van der Waals surface area (Å²) in [4.78, 5) is 10.9. The number of carbonyl (C=O) groups is 1. The van der Waals surface area contributed by atoms with E-state index in [4.69, 9.17) is 5.11 Å². The first-order valence-corrected chi connectivity index (χ1v) is 7.46. The van der Waals surface area contributed by atoms with Gasteiger partial charge in [0.1, 0.15) is 0 Å². The fraction of sp³-hybridized carbons (Fsp3) is 0.150. The lowest BCUT2D eigenvalue weighted by atomic mass is 9.94. The lowest BCUT2D eigenvalue weighted by molar-refractivity contribution is -0.132. The van der Waals surface area contributed by atoms with Crippen molar-refractivity contribution < 1.29 is 9.90 Å². The van der Waals surface area contributed by atoms with E-state index in [2.05, 4.69) is 54.6 Å². The van der Waals surface area contributed by atoms with Crippen LogP contribution in [-0.4, -0.2) is 11.1 Å². The molecule has 2 nitrogen and oxygen atoms in total. The zero-order chi connectivity index (χ0) is 15.5. The van der Waals surface area contributed by atoms with E-state index >= 15 is 0 Å². The van der Waals surface area contributed by atoms with E-state index in [0.29, 0.717) is 5.57 Å². The standard InChI is InChI=1S/C20H18O2/c1-14(20(21)22)7-6-12-19-17-10-4-2-8-15(17)13-16-9-3-5-11-18(16)19/h2-5,7-11,13H,6,12H2,1H3,(H,21,22)/b14-7+. The molecule has 0 aliphatic carbocycles. The number of fused-ring (bicyclic) bond motifs is 2. The minimum atomic E-state index is -0.845. The summed E-state index contributed by atoms with van der Waals surface area (Å²) in [7, 11) is 0. The second-order valence-corrected chi connectivity index (χ2v) is 5.53. The molecule has 0 bridgehead atoms. The molecular formula is C20H18O2. The second kappa shape index (κ2) is 6.02. The molecule has 22 heavy (non-hydrogen) atoms. The first-order chi connectivity index (χ1) is 10.7. The van der Waals surface area contributed by atoms with Crippen molar-refractivity contribution in [1.29, 1.82) is 0 Å². The first kappa shape index (κ1) is 14.3. The van der Waals surface area contributed by atoms with Crippen LogP contribution in [0.3, 0.4) is 0 Å². The SMILES string of the molecule is C/C(=C\CCc1c2ccccc2cc2ccccc12)C(=O)O. The number of carboxylic acid groups (broad SMARTS) is 1. The molecule has 3 aromatic carbocycles. The number of benzene rings is 3. The molecule has 0 aliphatic heterocycles. The van der Waals surface area contributed by atoms with Crippen LogP contribution < -0.4 is 0 Å². The Balaban J connectivity index is 2.08. The molecular weight excluding hydrogens is 272 g/mol. The Labute approximate surface area is 129 Å². The Hall–Kier alpha value is -2.61. The number of rotatable bonds is 4. The molecule has 0 heterocycles. The molecule has 0 spiro atoms. The number of aliphatic carboxylic acids is 1. The van der Waals surface area contributed by atoms with Gasteiger partial charge in [0.15, 0.2) is 0 Å². The fourth-order valence-electron chi connectivity index (χ4n) is 2.90. The van der Waals surface area contributed by atoms with Gasteiger partial charge in [-0.05, 0) is 52.9 Å². The van der Waals surface area contributed by atoms with Crippen LogP contribution in [0.4, 0.5) is 0 Å². The van der Waals surface area contributed by atoms with Gasteiger partial charge in [0, 0.05) is 5.57 Å². The van der Waals surface area contributed by atoms with Crippen molar-refractivity contribution in [2.45, 2.75) is 19.8 Å². The summed E-state index contributed by atoms with van der Waals surface area (Å²) < 4.78 is 0. The summed E-state index contributed by atoms with van der Waals surface area (Å²) in [6.07, 6.45) is 3.38. The van der Waals surface area contributed by atoms with E-state index in [1.807, 2.05) is 0 Å². The Morgan fingerprint density at radius 2 is 1.55 bits per heavy atom. The van der Waals surface area contributed by atoms with Crippen LogP contribution in [0.2, 0.25) is 0 Å². The zero-order valence-corrected chi connectivity index (χ0v) is 12.5. The Bertz CT molecular complexity index is 821. The number of allylic oxidation sites excluding steroid dienone is 1. The monoisotopic (exact) mass is 290 g/mol. The minimum Gasteiger partial charge on any atom is -0.478 e. The van der Waals surface area contributed by atoms with Gasteiger partial charge < -0.3 is 5.11 Å². The Kier molecular flexibility index (Phi) is 3.92. The molecule has 0 saturated carbocycles. The molecule has 2 heteroatoms. The van der Waals surface area contributed by atoms with Gasteiger partial charge in [-0.3, -0.25) is 0 Å². The maximum Gasteiger partial charge on any atom is 0.330 e. The van der Waals surface area contributed by atoms with Crippen molar-refractivity contribution in [3.8, 4) is 0 Å². The van der Waals surface area contributed by atoms with Crippen molar-refractivity contribution in [3.63, 3.8) is 0 Å². The summed E-state index contributed by atoms with van der Waals surface area (Å²) in [6.45, 7) is 1.64. The molecule has 0 radical (unpaired) electrons. The highest BCUT2D eigenvalue weighted by Crippen LogP contribution is 2.29. The zero-order valence-electron chi connectivity index (χ0n) is 12.5. The number of hydrogen-bond donors (Lipinski definition) is 1. The third-order valence-electron chi connectivity index (χ3n) is 4.07. The lowest BCUT2D eigenvalue weighted by Crippen LogP contribution is -1.96. The Morgan fingerprint density at radius 1 is 1.00 bits per heavy atom. The quantitative estimate of drug-likeness (QED) is 0.545. The maximum absolute atomic E-state index is 10.9. The molecule has 110 valence electrons. The smallest absolute Gasteiger partial charge is 0.330 e. The summed E-state index contributed by atoms with van der Waals surface area (Å²) in [5.41, 5.74) is 1.70. The van der Waals surface area contributed by atoms with E-state index in [-0.39, 0.29) is 0 Å². The van der Waals surface area contributed by atoms with Crippen LogP contribution in [0.15, 0.2) is 66.2 Å². The minimum absolute atomic E-state index is 0.407. The summed E-state index contributed by atoms with van der Waals surface area (Å²) in [5.74, 6) is -0.845. The lowest BCUT2D eigenvalue weighted by Gasteiger charge is -2.11. The van der Waals surface area contributed by atoms with Crippen molar-refractivity contribution >= 4 is 27.5 Å². The highest BCUT2D eigenvalue weighted by Gasteiger charge is 2.07. The van der Waals surface area contributed by atoms with E-state index in [9.17, 15) is 4.79 Å². The van der Waals surface area contributed by atoms with Crippen molar-refractivity contribution in [2.75, 3.05) is 0 Å². The van der Waals surface area contributed by atoms with Crippen LogP contribution in [-0.2, 0) is 11.2 Å². The number of carboxylic acids is 1. The highest BCUT2D eigenvalue weighted by molar-refractivity contribution is 6.02. The summed E-state index contributed by atoms with van der Waals surface area (Å²) in [5, 5.41) is 13.9. The van der Waals surface area contributed by atoms with Gasteiger partial charge in [-0.1, -0.05) is 54.6 Å². The fourth-order valence-corrected chi connectivity index (χ4v) is 2.90. The van der Waals surface area contributed by atoms with E-state index < -0.39 is 5.97 Å². The first-order valence-electron chi connectivity index (χ1n) is 7.46. The summed E-state index contributed by atoms with van der Waals surface area (Å²) >= 11 is 0. The normalized spacial score (nSPS) is 12.0. The van der Waals surface area contributed by atoms with Crippen LogP contribution in [0.1, 0.15) is 18.9 Å². The van der Waals surface area contributed by atoms with Gasteiger partial charge in [-0.2, -0.15) is 0 Å². The summed E-state index contributed by atoms with van der Waals surface area (Å²) in [6, 6.07) is 19.0. The molecule has 0 saturated heterocycles. The van der Waals surface area contributed by atoms with Gasteiger partial charge in [0.2, 0.25) is 0 Å². The molecule has 0 unspecified atom stereocenters. The van der Waals surface area contributed by atoms with Crippen LogP contribution in [0.5, 0.6) is 0 Å². The van der Waals surface area contributed by atoms with Gasteiger partial charge in [0.25, 0.3) is 0 Å². The van der Waals surface area contributed by atoms with Gasteiger partial charge in [-0.15, -0.1) is 0 Å². The molecule has 0 aliphatic rings. The van der Waals surface area contributed by atoms with Crippen molar-refractivity contribution in [2.24, 2.45) is 0 Å².